The van der Waals surface area contributed by atoms with E-state index in [0.717, 1.165) is 0 Å². The van der Waals surface area contributed by atoms with Crippen molar-refractivity contribution in [2.24, 2.45) is 0 Å². The molecule has 4 rings (SSSR count). The Morgan fingerprint density at radius 1 is 0.897 bits per heavy atom. The van der Waals surface area contributed by atoms with E-state index in [1.165, 1.54) is 40.1 Å². The van der Waals surface area contributed by atoms with Crippen molar-refractivity contribution >= 4 is 23.2 Å². The molecule has 1 aliphatic rings. The first-order chi connectivity index (χ1) is 14.0. The van der Waals surface area contributed by atoms with Crippen molar-refractivity contribution in [1.82, 2.24) is 0 Å². The quantitative estimate of drug-likeness (QED) is 0.656. The molecule has 0 saturated heterocycles. The van der Waals surface area contributed by atoms with Crippen molar-refractivity contribution in [2.75, 3.05) is 9.80 Å². The van der Waals surface area contributed by atoms with Crippen LogP contribution in [-0.2, 0) is 11.3 Å². The van der Waals surface area contributed by atoms with Crippen molar-refractivity contribution in [3.63, 3.8) is 0 Å². The summed E-state index contributed by atoms with van der Waals surface area (Å²) in [4.78, 5) is 29.2. The summed E-state index contributed by atoms with van der Waals surface area (Å²) in [7, 11) is 0. The first-order valence-corrected chi connectivity index (χ1v) is 9.20. The molecule has 0 radical (unpaired) electrons. The second kappa shape index (κ2) is 7.47. The second-order valence-electron chi connectivity index (χ2n) is 6.86. The van der Waals surface area contributed by atoms with Crippen LogP contribution in [0.5, 0.6) is 0 Å². The highest BCUT2D eigenvalue weighted by Gasteiger charge is 2.39. The molecule has 6 heteroatoms. The molecule has 3 aromatic carbocycles. The molecule has 0 unspecified atom stereocenters. The van der Waals surface area contributed by atoms with Gasteiger partial charge in [0.1, 0.15) is 17.7 Å². The monoisotopic (exact) mass is 392 g/mol. The maximum absolute atomic E-state index is 14.2. The Morgan fingerprint density at radius 3 is 2.21 bits per heavy atom. The number of amides is 2. The normalized spacial score (nSPS) is 16.0. The molecule has 29 heavy (non-hydrogen) atoms. The van der Waals surface area contributed by atoms with Gasteiger partial charge in [-0.05, 0) is 49.4 Å². The van der Waals surface area contributed by atoms with Crippen LogP contribution >= 0.6 is 0 Å². The summed E-state index contributed by atoms with van der Waals surface area (Å²) in [5, 5.41) is 0. The van der Waals surface area contributed by atoms with Crippen LogP contribution in [0.3, 0.4) is 0 Å². The maximum Gasteiger partial charge on any atom is 0.259 e. The number of fused-ring (bicyclic) bond motifs is 1. The van der Waals surface area contributed by atoms with Gasteiger partial charge in [0.05, 0.1) is 17.9 Å². The summed E-state index contributed by atoms with van der Waals surface area (Å²) in [6.07, 6.45) is 0. The van der Waals surface area contributed by atoms with Gasteiger partial charge in [0, 0.05) is 11.1 Å². The Morgan fingerprint density at radius 2 is 1.52 bits per heavy atom. The average molecular weight is 392 g/mol. The largest absolute Gasteiger partial charge is 0.304 e. The Balaban J connectivity index is 1.75. The number of anilines is 2. The molecule has 1 heterocycles. The fourth-order valence-electron chi connectivity index (χ4n) is 3.54. The highest BCUT2D eigenvalue weighted by Crippen LogP contribution is 2.38. The van der Waals surface area contributed by atoms with E-state index in [2.05, 4.69) is 0 Å². The third-order valence-corrected chi connectivity index (χ3v) is 5.04. The number of rotatable bonds is 3. The lowest BCUT2D eigenvalue weighted by molar-refractivity contribution is -0.119. The second-order valence-corrected chi connectivity index (χ2v) is 6.86. The molecule has 0 N–H and O–H groups in total. The van der Waals surface area contributed by atoms with Gasteiger partial charge < -0.3 is 4.90 Å². The molecule has 146 valence electrons. The highest BCUT2D eigenvalue weighted by molar-refractivity contribution is 6.17. The number of para-hydroxylation sites is 2. The molecular weight excluding hydrogens is 374 g/mol. The van der Waals surface area contributed by atoms with E-state index in [9.17, 15) is 18.4 Å². The maximum atomic E-state index is 14.2. The van der Waals surface area contributed by atoms with Crippen molar-refractivity contribution in [3.05, 3.63) is 95.6 Å². The van der Waals surface area contributed by atoms with Gasteiger partial charge >= 0.3 is 0 Å². The first kappa shape index (κ1) is 18.8. The molecule has 3 aromatic rings. The minimum atomic E-state index is -0.797. The predicted octanol–water partition coefficient (Wildman–Crippen LogP) is 4.55. The Bertz CT molecular complexity index is 1080. The van der Waals surface area contributed by atoms with Crippen LogP contribution in [0.4, 0.5) is 20.2 Å². The Labute approximate surface area is 167 Å². The summed E-state index contributed by atoms with van der Waals surface area (Å²) in [6, 6.07) is 17.7. The lowest BCUT2D eigenvalue weighted by atomic mass is 10.0. The smallest absolute Gasteiger partial charge is 0.259 e. The third-order valence-electron chi connectivity index (χ3n) is 5.04. The molecule has 0 aromatic heterocycles. The Hall–Kier alpha value is -3.54. The molecule has 0 spiro atoms. The summed E-state index contributed by atoms with van der Waals surface area (Å²) in [5.74, 6) is -1.55. The van der Waals surface area contributed by atoms with E-state index in [-0.39, 0.29) is 18.0 Å². The summed E-state index contributed by atoms with van der Waals surface area (Å²) in [6.45, 7) is 1.69. The van der Waals surface area contributed by atoms with Crippen molar-refractivity contribution in [1.29, 1.82) is 0 Å². The van der Waals surface area contributed by atoms with Crippen molar-refractivity contribution in [3.8, 4) is 0 Å². The SMILES string of the molecule is C[C@@H]1C(=O)N(Cc2ccccc2F)c2ccccc2N1C(=O)c1ccc(F)cc1. The van der Waals surface area contributed by atoms with E-state index in [0.29, 0.717) is 16.9 Å². The molecule has 0 aliphatic carbocycles. The van der Waals surface area contributed by atoms with E-state index in [4.69, 9.17) is 0 Å². The number of carbonyl (C=O) groups is 2. The lowest BCUT2D eigenvalue weighted by Crippen LogP contribution is -2.54. The number of hydrogen-bond donors (Lipinski definition) is 0. The molecule has 0 bridgehead atoms. The zero-order valence-corrected chi connectivity index (χ0v) is 15.7. The molecular formula is C23H18F2N2O2. The van der Waals surface area contributed by atoms with Crippen molar-refractivity contribution in [2.45, 2.75) is 19.5 Å². The number of benzene rings is 3. The van der Waals surface area contributed by atoms with Crippen LogP contribution in [-0.4, -0.2) is 17.9 Å². The number of carbonyl (C=O) groups excluding carboxylic acids is 2. The van der Waals surface area contributed by atoms with Gasteiger partial charge in [0.15, 0.2) is 0 Å². The highest BCUT2D eigenvalue weighted by atomic mass is 19.1. The van der Waals surface area contributed by atoms with Crippen LogP contribution < -0.4 is 9.80 Å². The third kappa shape index (κ3) is 3.38. The minimum Gasteiger partial charge on any atom is -0.304 e. The van der Waals surface area contributed by atoms with Gasteiger partial charge in [-0.2, -0.15) is 0 Å². The molecule has 1 atom stereocenters. The fraction of sp³-hybridized carbons (Fsp3) is 0.130. The predicted molar refractivity (Wildman–Crippen MR) is 107 cm³/mol. The lowest BCUT2D eigenvalue weighted by Gasteiger charge is -2.40. The number of nitrogens with zero attached hydrogens (tertiary/aromatic N) is 2. The van der Waals surface area contributed by atoms with Gasteiger partial charge in [-0.3, -0.25) is 14.5 Å². The van der Waals surface area contributed by atoms with Crippen molar-refractivity contribution < 1.29 is 18.4 Å². The van der Waals surface area contributed by atoms with E-state index in [1.807, 2.05) is 0 Å². The van der Waals surface area contributed by atoms with Crippen LogP contribution in [0.2, 0.25) is 0 Å². The van der Waals surface area contributed by atoms with Gasteiger partial charge in [0.25, 0.3) is 5.91 Å². The van der Waals surface area contributed by atoms with Crippen LogP contribution in [0.25, 0.3) is 0 Å². The Kier molecular flexibility index (Phi) is 4.84. The molecule has 1 aliphatic heterocycles. The van der Waals surface area contributed by atoms with Gasteiger partial charge in [-0.25, -0.2) is 8.78 Å². The molecule has 2 amide bonds. The van der Waals surface area contributed by atoms with E-state index in [1.54, 1.807) is 49.4 Å². The zero-order valence-electron chi connectivity index (χ0n) is 15.7. The first-order valence-electron chi connectivity index (χ1n) is 9.20. The molecule has 0 fully saturated rings. The summed E-state index contributed by atoms with van der Waals surface area (Å²) < 4.78 is 27.4. The topological polar surface area (TPSA) is 40.6 Å². The molecule has 4 nitrogen and oxygen atoms in total. The van der Waals surface area contributed by atoms with Gasteiger partial charge in [0.2, 0.25) is 5.91 Å². The van der Waals surface area contributed by atoms with E-state index < -0.39 is 23.6 Å². The van der Waals surface area contributed by atoms with Gasteiger partial charge in [-0.1, -0.05) is 30.3 Å². The molecule has 0 saturated carbocycles. The van der Waals surface area contributed by atoms with Crippen LogP contribution in [0.1, 0.15) is 22.8 Å². The van der Waals surface area contributed by atoms with Crippen LogP contribution in [0, 0.1) is 11.6 Å². The minimum absolute atomic E-state index is 0.0610. The summed E-state index contributed by atoms with van der Waals surface area (Å²) in [5.41, 5.74) is 1.74. The standard InChI is InChI=1S/C23H18F2N2O2/c1-15-22(28)26(14-17-6-2-3-7-19(17)25)20-8-4-5-9-21(20)27(15)23(29)16-10-12-18(24)13-11-16/h2-13,15H,14H2,1H3/t15-/m1/s1. The fourth-order valence-corrected chi connectivity index (χ4v) is 3.54. The summed E-state index contributed by atoms with van der Waals surface area (Å²) >= 11 is 0. The number of halogens is 2. The van der Waals surface area contributed by atoms with Gasteiger partial charge in [-0.15, -0.1) is 0 Å². The average Bonchev–Trinajstić information content (AvgIpc) is 2.73. The van der Waals surface area contributed by atoms with Crippen LogP contribution in [0.15, 0.2) is 72.8 Å². The van der Waals surface area contributed by atoms with E-state index >= 15 is 0 Å². The number of hydrogen-bond acceptors (Lipinski definition) is 2. The zero-order chi connectivity index (χ0) is 20.5.